The molecule has 1 aliphatic heterocycles. The van der Waals surface area contributed by atoms with Gasteiger partial charge in [-0.3, -0.25) is 9.59 Å². The number of hydrogen-bond donors (Lipinski definition) is 4. The largest absolute Gasteiger partial charge is 0.508 e. The highest BCUT2D eigenvalue weighted by atomic mass is 16.4. The first-order valence-electron chi connectivity index (χ1n) is 9.61. The smallest absolute Gasteiger partial charge is 0.326 e. The molecular formula is C20H29N3O5. The molecule has 2 amide bonds. The molecule has 0 spiro atoms. The number of phenols is 1. The highest BCUT2D eigenvalue weighted by molar-refractivity contribution is 5.92. The van der Waals surface area contributed by atoms with Gasteiger partial charge in [0.2, 0.25) is 11.8 Å². The normalized spacial score (nSPS) is 19.7. The van der Waals surface area contributed by atoms with Gasteiger partial charge in [0.25, 0.3) is 0 Å². The second kappa shape index (κ2) is 9.54. The zero-order valence-electron chi connectivity index (χ0n) is 16.3. The predicted molar refractivity (Wildman–Crippen MR) is 104 cm³/mol. The number of phenolic OH excluding ortho intramolecular Hbond substituents is 1. The third kappa shape index (κ3) is 5.22. The number of benzene rings is 1. The molecule has 4 atom stereocenters. The van der Waals surface area contributed by atoms with Gasteiger partial charge in [0.05, 0.1) is 6.04 Å². The number of rotatable bonds is 8. The van der Waals surface area contributed by atoms with Gasteiger partial charge in [0.15, 0.2) is 0 Å². The number of aliphatic carboxylic acids is 1. The average Bonchev–Trinajstić information content (AvgIpc) is 3.16. The summed E-state index contributed by atoms with van der Waals surface area (Å²) in [5.74, 6) is -1.89. The van der Waals surface area contributed by atoms with E-state index in [9.17, 15) is 24.6 Å². The summed E-state index contributed by atoms with van der Waals surface area (Å²) >= 11 is 0. The Morgan fingerprint density at radius 1 is 1.29 bits per heavy atom. The molecule has 0 radical (unpaired) electrons. The number of amides is 2. The summed E-state index contributed by atoms with van der Waals surface area (Å²) in [6, 6.07) is 3.88. The highest BCUT2D eigenvalue weighted by Gasteiger charge is 2.39. The van der Waals surface area contributed by atoms with Crippen molar-refractivity contribution < 1.29 is 24.6 Å². The Hall–Kier alpha value is -2.61. The third-order valence-corrected chi connectivity index (χ3v) is 5.33. The molecule has 2 rings (SSSR count). The van der Waals surface area contributed by atoms with E-state index in [1.165, 1.54) is 17.0 Å². The lowest BCUT2D eigenvalue weighted by atomic mass is 9.96. The van der Waals surface area contributed by atoms with Crippen LogP contribution in [0.1, 0.15) is 38.7 Å². The maximum Gasteiger partial charge on any atom is 0.326 e. The minimum atomic E-state index is -1.02. The van der Waals surface area contributed by atoms with Crippen LogP contribution >= 0.6 is 0 Å². The van der Waals surface area contributed by atoms with Gasteiger partial charge >= 0.3 is 5.97 Å². The number of carboxylic acid groups (broad SMARTS) is 1. The van der Waals surface area contributed by atoms with Crippen LogP contribution in [-0.4, -0.2) is 57.6 Å². The van der Waals surface area contributed by atoms with E-state index in [2.05, 4.69) is 5.32 Å². The maximum absolute atomic E-state index is 13.0. The van der Waals surface area contributed by atoms with E-state index in [0.717, 1.165) is 5.56 Å². The van der Waals surface area contributed by atoms with Crippen molar-refractivity contribution in [2.75, 3.05) is 6.54 Å². The van der Waals surface area contributed by atoms with Crippen LogP contribution < -0.4 is 11.1 Å². The number of likely N-dealkylation sites (tertiary alicyclic amines) is 1. The molecule has 0 saturated carbocycles. The number of nitrogens with two attached hydrogens (primary N) is 1. The van der Waals surface area contributed by atoms with Gasteiger partial charge in [-0.05, 0) is 42.9 Å². The molecule has 0 aliphatic carbocycles. The van der Waals surface area contributed by atoms with Gasteiger partial charge in [-0.2, -0.15) is 0 Å². The summed E-state index contributed by atoms with van der Waals surface area (Å²) in [4.78, 5) is 38.4. The molecule has 154 valence electrons. The molecule has 8 heteroatoms. The monoisotopic (exact) mass is 391 g/mol. The van der Waals surface area contributed by atoms with Crippen LogP contribution in [0.5, 0.6) is 5.75 Å². The zero-order valence-corrected chi connectivity index (χ0v) is 16.3. The van der Waals surface area contributed by atoms with Crippen LogP contribution in [0, 0.1) is 5.92 Å². The molecule has 5 N–H and O–H groups in total. The first-order valence-corrected chi connectivity index (χ1v) is 9.61. The Morgan fingerprint density at radius 2 is 1.93 bits per heavy atom. The molecule has 0 aromatic heterocycles. The van der Waals surface area contributed by atoms with Crippen molar-refractivity contribution in [3.05, 3.63) is 29.8 Å². The van der Waals surface area contributed by atoms with Gasteiger partial charge in [0, 0.05) is 6.54 Å². The second-order valence-electron chi connectivity index (χ2n) is 7.38. The van der Waals surface area contributed by atoms with Crippen molar-refractivity contribution in [1.29, 1.82) is 0 Å². The van der Waals surface area contributed by atoms with Gasteiger partial charge in [0.1, 0.15) is 17.8 Å². The third-order valence-electron chi connectivity index (χ3n) is 5.33. The Kier molecular flexibility index (Phi) is 7.39. The summed E-state index contributed by atoms with van der Waals surface area (Å²) in [5, 5.41) is 21.4. The van der Waals surface area contributed by atoms with Crippen LogP contribution in [0.15, 0.2) is 24.3 Å². The Balaban J connectivity index is 2.08. The molecule has 1 saturated heterocycles. The fourth-order valence-corrected chi connectivity index (χ4v) is 3.39. The molecule has 1 fully saturated rings. The molecule has 1 aromatic rings. The molecule has 0 bridgehead atoms. The van der Waals surface area contributed by atoms with E-state index in [-0.39, 0.29) is 24.0 Å². The summed E-state index contributed by atoms with van der Waals surface area (Å²) in [7, 11) is 0. The number of carboxylic acids is 1. The molecule has 1 aromatic carbocycles. The van der Waals surface area contributed by atoms with Gasteiger partial charge in [-0.15, -0.1) is 0 Å². The van der Waals surface area contributed by atoms with Crippen molar-refractivity contribution in [2.45, 2.75) is 57.7 Å². The van der Waals surface area contributed by atoms with Crippen molar-refractivity contribution in [3.63, 3.8) is 0 Å². The molecule has 1 heterocycles. The SMILES string of the molecule is CC[C@H](C)[C@H](NC(=O)[C@@H](N)Cc1ccc(O)cc1)C(=O)N1CCC[C@@H]1C(=O)O. The van der Waals surface area contributed by atoms with E-state index < -0.39 is 30.0 Å². The number of hydrogen-bond acceptors (Lipinski definition) is 5. The minimum Gasteiger partial charge on any atom is -0.508 e. The first kappa shape index (κ1) is 21.7. The molecular weight excluding hydrogens is 362 g/mol. The Morgan fingerprint density at radius 3 is 2.50 bits per heavy atom. The van der Waals surface area contributed by atoms with Gasteiger partial charge < -0.3 is 26.2 Å². The van der Waals surface area contributed by atoms with E-state index in [0.29, 0.717) is 25.8 Å². The van der Waals surface area contributed by atoms with Crippen LogP contribution in [0.2, 0.25) is 0 Å². The fraction of sp³-hybridized carbons (Fsp3) is 0.550. The predicted octanol–water partition coefficient (Wildman–Crippen LogP) is 0.869. The summed E-state index contributed by atoms with van der Waals surface area (Å²) in [5.41, 5.74) is 6.80. The Bertz CT molecular complexity index is 706. The topological polar surface area (TPSA) is 133 Å². The zero-order chi connectivity index (χ0) is 20.8. The Labute approximate surface area is 164 Å². The number of carbonyl (C=O) groups is 3. The second-order valence-corrected chi connectivity index (χ2v) is 7.38. The summed E-state index contributed by atoms with van der Waals surface area (Å²) in [6.45, 7) is 4.13. The average molecular weight is 391 g/mol. The molecule has 8 nitrogen and oxygen atoms in total. The van der Waals surface area contributed by atoms with Crippen molar-refractivity contribution in [1.82, 2.24) is 10.2 Å². The standard InChI is InChI=1S/C20H29N3O5/c1-3-12(2)17(19(26)23-10-4-5-16(23)20(27)28)22-18(25)15(21)11-13-6-8-14(24)9-7-13/h6-9,12,15-17,24H,3-5,10-11,21H2,1-2H3,(H,22,25)(H,27,28)/t12-,15-,16+,17-/m0/s1. The van der Waals surface area contributed by atoms with Gasteiger partial charge in [-0.1, -0.05) is 32.4 Å². The number of nitrogens with one attached hydrogen (secondary N) is 1. The summed E-state index contributed by atoms with van der Waals surface area (Å²) < 4.78 is 0. The number of carbonyl (C=O) groups excluding carboxylic acids is 2. The van der Waals surface area contributed by atoms with E-state index in [1.807, 2.05) is 13.8 Å². The first-order chi connectivity index (χ1) is 13.2. The number of aromatic hydroxyl groups is 1. The van der Waals surface area contributed by atoms with Gasteiger partial charge in [-0.25, -0.2) is 4.79 Å². The van der Waals surface area contributed by atoms with Crippen molar-refractivity contribution in [3.8, 4) is 5.75 Å². The lowest BCUT2D eigenvalue weighted by molar-refractivity contribution is -0.150. The van der Waals surface area contributed by atoms with Crippen molar-refractivity contribution in [2.24, 2.45) is 11.7 Å². The number of nitrogens with zero attached hydrogens (tertiary/aromatic N) is 1. The van der Waals surface area contributed by atoms with E-state index in [1.54, 1.807) is 12.1 Å². The highest BCUT2D eigenvalue weighted by Crippen LogP contribution is 2.21. The maximum atomic E-state index is 13.0. The molecule has 0 unspecified atom stereocenters. The van der Waals surface area contributed by atoms with E-state index >= 15 is 0 Å². The summed E-state index contributed by atoms with van der Waals surface area (Å²) in [6.07, 6.45) is 1.96. The lowest BCUT2D eigenvalue weighted by Crippen LogP contribution is -2.57. The fourth-order valence-electron chi connectivity index (χ4n) is 3.39. The van der Waals surface area contributed by atoms with Crippen LogP contribution in [-0.2, 0) is 20.8 Å². The molecule has 1 aliphatic rings. The quantitative estimate of drug-likeness (QED) is 0.520. The molecule has 28 heavy (non-hydrogen) atoms. The lowest BCUT2D eigenvalue weighted by Gasteiger charge is -2.31. The van der Waals surface area contributed by atoms with E-state index in [4.69, 9.17) is 5.73 Å². The minimum absolute atomic E-state index is 0.128. The van der Waals surface area contributed by atoms with Crippen LogP contribution in [0.4, 0.5) is 0 Å². The van der Waals surface area contributed by atoms with Crippen LogP contribution in [0.3, 0.4) is 0 Å². The van der Waals surface area contributed by atoms with Crippen molar-refractivity contribution >= 4 is 17.8 Å². The van der Waals surface area contributed by atoms with Crippen LogP contribution in [0.25, 0.3) is 0 Å².